The number of carbonyl (C=O) groups is 1. The van der Waals surface area contributed by atoms with Crippen LogP contribution in [0.4, 0.5) is 0 Å². The van der Waals surface area contributed by atoms with Gasteiger partial charge in [0.15, 0.2) is 0 Å². The zero-order valence-electron chi connectivity index (χ0n) is 12.7. The summed E-state index contributed by atoms with van der Waals surface area (Å²) in [6, 6.07) is -0.146. The maximum Gasteiger partial charge on any atom is 0.234 e. The first-order valence-corrected chi connectivity index (χ1v) is 6.65. The fraction of sp³-hybridized carbons (Fsp3) is 0.692. The summed E-state index contributed by atoms with van der Waals surface area (Å²) in [4.78, 5) is 13.8. The van der Waals surface area contributed by atoms with Crippen LogP contribution in [0.2, 0.25) is 0 Å². The van der Waals surface area contributed by atoms with Gasteiger partial charge in [-0.25, -0.2) is 0 Å². The van der Waals surface area contributed by atoms with Gasteiger partial charge in [0.25, 0.3) is 0 Å². The van der Waals surface area contributed by atoms with E-state index in [2.05, 4.69) is 10.4 Å². The molecule has 0 aromatic carbocycles. The predicted octanol–water partition coefficient (Wildman–Crippen LogP) is -0.497. The molecule has 0 radical (unpaired) electrons. The van der Waals surface area contributed by atoms with Crippen molar-refractivity contribution in [2.45, 2.75) is 19.0 Å². The minimum Gasteiger partial charge on any atom is -0.383 e. The van der Waals surface area contributed by atoms with Crippen LogP contribution in [0.3, 0.4) is 0 Å². The Labute approximate surface area is 120 Å². The Balaban J connectivity index is 2.61. The minimum absolute atomic E-state index is 0.0425. The summed E-state index contributed by atoms with van der Waals surface area (Å²) < 4.78 is 6.63. The molecule has 1 aromatic heterocycles. The van der Waals surface area contributed by atoms with Crippen LogP contribution in [0, 0.1) is 0 Å². The molecular formula is C13H25N5O2. The lowest BCUT2D eigenvalue weighted by Crippen LogP contribution is -2.43. The van der Waals surface area contributed by atoms with E-state index in [0.29, 0.717) is 13.2 Å². The smallest absolute Gasteiger partial charge is 0.234 e. The number of methoxy groups -OCH3 is 1. The molecule has 2 unspecified atom stereocenters. The van der Waals surface area contributed by atoms with E-state index in [1.807, 2.05) is 32.1 Å². The number of aromatic nitrogens is 2. The monoisotopic (exact) mass is 283 g/mol. The first-order valence-electron chi connectivity index (χ1n) is 6.65. The van der Waals surface area contributed by atoms with Gasteiger partial charge in [-0.15, -0.1) is 0 Å². The zero-order chi connectivity index (χ0) is 15.1. The third-order valence-electron chi connectivity index (χ3n) is 3.06. The molecule has 0 fully saturated rings. The summed E-state index contributed by atoms with van der Waals surface area (Å²) in [6.45, 7) is 3.23. The van der Waals surface area contributed by atoms with Crippen LogP contribution in [0.5, 0.6) is 0 Å². The van der Waals surface area contributed by atoms with Crippen LogP contribution in [0.25, 0.3) is 0 Å². The average Bonchev–Trinajstić information content (AvgIpc) is 2.75. The molecule has 1 amide bonds. The van der Waals surface area contributed by atoms with Gasteiger partial charge in [0.05, 0.1) is 25.4 Å². The van der Waals surface area contributed by atoms with Gasteiger partial charge in [-0.1, -0.05) is 0 Å². The van der Waals surface area contributed by atoms with Crippen LogP contribution >= 0.6 is 0 Å². The Morgan fingerprint density at radius 2 is 2.35 bits per heavy atom. The molecule has 20 heavy (non-hydrogen) atoms. The number of nitrogens with zero attached hydrogens (tertiary/aromatic N) is 3. The van der Waals surface area contributed by atoms with Crippen molar-refractivity contribution in [2.75, 3.05) is 33.9 Å². The third kappa shape index (κ3) is 4.92. The van der Waals surface area contributed by atoms with Gasteiger partial charge < -0.3 is 15.8 Å². The van der Waals surface area contributed by atoms with Crippen LogP contribution in [0.1, 0.15) is 18.5 Å². The number of hydrogen-bond donors (Lipinski definition) is 2. The third-order valence-corrected chi connectivity index (χ3v) is 3.06. The maximum absolute atomic E-state index is 11.8. The molecule has 114 valence electrons. The van der Waals surface area contributed by atoms with E-state index in [1.54, 1.807) is 18.0 Å². The van der Waals surface area contributed by atoms with E-state index in [4.69, 9.17) is 10.5 Å². The van der Waals surface area contributed by atoms with Gasteiger partial charge in [-0.2, -0.15) is 5.10 Å². The molecule has 0 saturated carbocycles. The zero-order valence-corrected chi connectivity index (χ0v) is 12.7. The summed E-state index contributed by atoms with van der Waals surface area (Å²) in [5.41, 5.74) is 7.05. The SMILES string of the molecule is COCCNC(=O)CN(C)C(c1cnn(C)c1)C(C)N. The molecule has 2 atom stereocenters. The fourth-order valence-corrected chi connectivity index (χ4v) is 2.23. The van der Waals surface area contributed by atoms with Crippen molar-refractivity contribution in [1.82, 2.24) is 20.0 Å². The molecular weight excluding hydrogens is 258 g/mol. The molecule has 0 spiro atoms. The van der Waals surface area contributed by atoms with Crippen LogP contribution in [0.15, 0.2) is 12.4 Å². The van der Waals surface area contributed by atoms with E-state index in [0.717, 1.165) is 5.56 Å². The first kappa shape index (κ1) is 16.6. The second-order valence-electron chi connectivity index (χ2n) is 5.01. The van der Waals surface area contributed by atoms with E-state index in [1.165, 1.54) is 0 Å². The highest BCUT2D eigenvalue weighted by Gasteiger charge is 2.24. The highest BCUT2D eigenvalue weighted by Crippen LogP contribution is 2.21. The summed E-state index contributed by atoms with van der Waals surface area (Å²) in [7, 11) is 5.35. The average molecular weight is 283 g/mol. The van der Waals surface area contributed by atoms with Gasteiger partial charge in [0.1, 0.15) is 0 Å². The maximum atomic E-state index is 11.8. The van der Waals surface area contributed by atoms with Crippen molar-refractivity contribution in [3.05, 3.63) is 18.0 Å². The Morgan fingerprint density at radius 1 is 1.65 bits per heavy atom. The molecule has 0 saturated heterocycles. The lowest BCUT2D eigenvalue weighted by Gasteiger charge is -2.29. The van der Waals surface area contributed by atoms with Crippen molar-refractivity contribution >= 4 is 5.91 Å². The number of ether oxygens (including phenoxy) is 1. The standard InChI is InChI=1S/C13H25N5O2/c1-10(14)13(11-7-16-18(3)8-11)17(2)9-12(19)15-5-6-20-4/h7-8,10,13H,5-6,9,14H2,1-4H3,(H,15,19). The highest BCUT2D eigenvalue weighted by atomic mass is 16.5. The minimum atomic E-state index is -0.101. The molecule has 1 aromatic rings. The summed E-state index contributed by atoms with van der Waals surface area (Å²) >= 11 is 0. The number of aryl methyl sites for hydroxylation is 1. The quantitative estimate of drug-likeness (QED) is 0.628. The lowest BCUT2D eigenvalue weighted by atomic mass is 10.0. The first-order chi connectivity index (χ1) is 9.45. The fourth-order valence-electron chi connectivity index (χ4n) is 2.23. The Hall–Kier alpha value is -1.44. The van der Waals surface area contributed by atoms with Crippen molar-refractivity contribution in [2.24, 2.45) is 12.8 Å². The summed E-state index contributed by atoms with van der Waals surface area (Å²) in [5.74, 6) is -0.0425. The number of amides is 1. The Kier molecular flexibility index (Phi) is 6.63. The van der Waals surface area contributed by atoms with Crippen LogP contribution < -0.4 is 11.1 Å². The molecule has 0 aliphatic rings. The van der Waals surface area contributed by atoms with Crippen molar-refractivity contribution in [1.29, 1.82) is 0 Å². The number of nitrogens with two attached hydrogens (primary N) is 1. The molecule has 7 nitrogen and oxygen atoms in total. The van der Waals surface area contributed by atoms with Gasteiger partial charge in [-0.05, 0) is 14.0 Å². The topological polar surface area (TPSA) is 85.4 Å². The number of likely N-dealkylation sites (N-methyl/N-ethyl adjacent to an activating group) is 1. The van der Waals surface area contributed by atoms with E-state index in [9.17, 15) is 4.79 Å². The van der Waals surface area contributed by atoms with Gasteiger partial charge in [0.2, 0.25) is 5.91 Å². The van der Waals surface area contributed by atoms with Gasteiger partial charge in [-0.3, -0.25) is 14.4 Å². The molecule has 3 N–H and O–H groups in total. The summed E-state index contributed by atoms with van der Waals surface area (Å²) in [5, 5.41) is 6.96. The summed E-state index contributed by atoms with van der Waals surface area (Å²) in [6.07, 6.45) is 3.71. The molecule has 0 aliphatic heterocycles. The van der Waals surface area contributed by atoms with Crippen molar-refractivity contribution in [3.63, 3.8) is 0 Å². The predicted molar refractivity (Wildman–Crippen MR) is 77.1 cm³/mol. The lowest BCUT2D eigenvalue weighted by molar-refractivity contribution is -0.122. The van der Waals surface area contributed by atoms with E-state index >= 15 is 0 Å². The van der Waals surface area contributed by atoms with E-state index < -0.39 is 0 Å². The number of carbonyl (C=O) groups excluding carboxylic acids is 1. The number of hydrogen-bond acceptors (Lipinski definition) is 5. The van der Waals surface area contributed by atoms with Crippen LogP contribution in [-0.4, -0.2) is 60.5 Å². The second kappa shape index (κ2) is 7.98. The Bertz CT molecular complexity index is 419. The molecule has 0 aliphatic carbocycles. The molecule has 1 heterocycles. The van der Waals surface area contributed by atoms with Crippen LogP contribution in [-0.2, 0) is 16.6 Å². The highest BCUT2D eigenvalue weighted by molar-refractivity contribution is 5.78. The Morgan fingerprint density at radius 3 is 2.85 bits per heavy atom. The van der Waals surface area contributed by atoms with Crippen molar-refractivity contribution in [3.8, 4) is 0 Å². The van der Waals surface area contributed by atoms with E-state index in [-0.39, 0.29) is 24.5 Å². The largest absolute Gasteiger partial charge is 0.383 e. The molecule has 0 bridgehead atoms. The van der Waals surface area contributed by atoms with Gasteiger partial charge in [0, 0.05) is 38.5 Å². The molecule has 1 rings (SSSR count). The van der Waals surface area contributed by atoms with Gasteiger partial charge >= 0.3 is 0 Å². The number of nitrogens with one attached hydrogen (secondary N) is 1. The van der Waals surface area contributed by atoms with Crippen molar-refractivity contribution < 1.29 is 9.53 Å². The normalized spacial score (nSPS) is 14.3. The number of rotatable bonds is 8. The molecule has 7 heteroatoms. The second-order valence-corrected chi connectivity index (χ2v) is 5.01.